The smallest absolute Gasteiger partial charge is 0.417 e. The van der Waals surface area contributed by atoms with Crippen molar-refractivity contribution in [3.8, 4) is 0 Å². The molecule has 0 saturated carbocycles. The fourth-order valence-corrected chi connectivity index (χ4v) is 23.2. The van der Waals surface area contributed by atoms with Crippen molar-refractivity contribution in [2.75, 3.05) is 19.8 Å². The minimum atomic E-state index is -3.18. The van der Waals surface area contributed by atoms with Crippen LogP contribution < -0.4 is 0 Å². The second-order valence-corrected chi connectivity index (χ2v) is 30.6. The molecule has 0 aliphatic rings. The van der Waals surface area contributed by atoms with Crippen LogP contribution in [-0.2, 0) is 25.6 Å². The quantitative estimate of drug-likeness (QED) is 0.304. The molecule has 0 radical (unpaired) electrons. The van der Waals surface area contributed by atoms with E-state index in [1.165, 1.54) is 0 Å². The van der Waals surface area contributed by atoms with E-state index in [-0.39, 0.29) is 5.16 Å². The lowest BCUT2D eigenvalue weighted by atomic mass is 10.9. The maximum atomic E-state index is 6.88. The van der Waals surface area contributed by atoms with Crippen LogP contribution in [0.4, 0.5) is 0 Å². The van der Waals surface area contributed by atoms with Gasteiger partial charge in [-0.05, 0) is 79.7 Å². The molecule has 0 aliphatic carbocycles. The van der Waals surface area contributed by atoms with E-state index in [1.807, 2.05) is 20.8 Å². The van der Waals surface area contributed by atoms with Gasteiger partial charge in [-0.2, -0.15) is 0 Å². The molecule has 170 valence electrons. The van der Waals surface area contributed by atoms with Crippen molar-refractivity contribution in [2.45, 2.75) is 91.8 Å². The largest absolute Gasteiger partial charge is 0.508 e. The predicted molar refractivity (Wildman–Crippen MR) is 129 cm³/mol. The topological polar surface area (TPSA) is 55.4 Å². The Bertz CT molecular complexity index is 401. The van der Waals surface area contributed by atoms with Gasteiger partial charge in [-0.25, -0.2) is 0 Å². The van der Waals surface area contributed by atoms with Gasteiger partial charge in [0.1, 0.15) is 0 Å². The van der Waals surface area contributed by atoms with Crippen LogP contribution in [0.1, 0.15) is 27.7 Å². The lowest BCUT2D eigenvalue weighted by Crippen LogP contribution is -2.69. The molecule has 28 heavy (non-hydrogen) atoms. The molecule has 0 N–H and O–H groups in total. The molecule has 0 aromatic heterocycles. The molecule has 0 aromatic carbocycles. The molecule has 0 saturated heterocycles. The van der Waals surface area contributed by atoms with E-state index in [2.05, 4.69) is 65.8 Å². The Hall–Kier alpha value is 0.844. The Morgan fingerprint density at radius 3 is 0.929 bits per heavy atom. The zero-order valence-electron chi connectivity index (χ0n) is 20.6. The molecule has 0 fully saturated rings. The van der Waals surface area contributed by atoms with E-state index in [0.29, 0.717) is 19.8 Å². The van der Waals surface area contributed by atoms with E-state index in [9.17, 15) is 0 Å². The SMILES string of the molecule is CCO[Si](OCC)(OCC)C(C)[Si](O[Si](C)(C)C)(O[Si](C)(C)C)O[Si](C)(C)C. The van der Waals surface area contributed by atoms with Gasteiger partial charge >= 0.3 is 17.6 Å². The molecule has 0 bridgehead atoms. The van der Waals surface area contributed by atoms with E-state index >= 15 is 0 Å². The van der Waals surface area contributed by atoms with Crippen LogP contribution in [0.15, 0.2) is 0 Å². The van der Waals surface area contributed by atoms with E-state index in [1.54, 1.807) is 0 Å². The van der Waals surface area contributed by atoms with Crippen molar-refractivity contribution in [1.82, 2.24) is 0 Å². The summed E-state index contributed by atoms with van der Waals surface area (Å²) in [5.74, 6) is 0. The first-order chi connectivity index (χ1) is 12.5. The zero-order chi connectivity index (χ0) is 22.4. The Kier molecular flexibility index (Phi) is 11.3. The Morgan fingerprint density at radius 2 is 0.750 bits per heavy atom. The third-order valence-corrected chi connectivity index (χ3v) is 20.5. The highest BCUT2D eigenvalue weighted by molar-refractivity contribution is 6.95. The van der Waals surface area contributed by atoms with Gasteiger partial charge in [0, 0.05) is 19.8 Å². The van der Waals surface area contributed by atoms with Gasteiger partial charge in [0.05, 0.1) is 5.16 Å². The number of rotatable bonds is 14. The molecule has 1 atom stereocenters. The summed E-state index contributed by atoms with van der Waals surface area (Å²) in [7, 11) is -12.2. The van der Waals surface area contributed by atoms with Crippen molar-refractivity contribution in [1.29, 1.82) is 0 Å². The second-order valence-electron chi connectivity index (χ2n) is 9.87. The number of hydrogen-bond acceptors (Lipinski definition) is 6. The van der Waals surface area contributed by atoms with E-state index in [0.717, 1.165) is 0 Å². The van der Waals surface area contributed by atoms with Crippen LogP contribution in [0.3, 0.4) is 0 Å². The van der Waals surface area contributed by atoms with Gasteiger partial charge in [-0.15, -0.1) is 0 Å². The number of hydrogen-bond donors (Lipinski definition) is 0. The van der Waals surface area contributed by atoms with Crippen molar-refractivity contribution >= 4 is 42.6 Å². The molecule has 0 spiro atoms. The van der Waals surface area contributed by atoms with Gasteiger partial charge in [0.15, 0.2) is 25.0 Å². The average Bonchev–Trinajstić information content (AvgIpc) is 2.41. The molecule has 11 heteroatoms. The van der Waals surface area contributed by atoms with E-state index < -0.39 is 42.6 Å². The van der Waals surface area contributed by atoms with Crippen LogP contribution in [-0.4, -0.2) is 62.4 Å². The summed E-state index contributed by atoms with van der Waals surface area (Å²) < 4.78 is 39.4. The molecule has 0 heterocycles. The first-order valence-electron chi connectivity index (χ1n) is 10.5. The minimum absolute atomic E-state index is 0.190. The van der Waals surface area contributed by atoms with Gasteiger partial charge in [0.2, 0.25) is 0 Å². The Labute approximate surface area is 179 Å². The van der Waals surface area contributed by atoms with Crippen molar-refractivity contribution in [3.05, 3.63) is 0 Å². The lowest BCUT2D eigenvalue weighted by Gasteiger charge is -2.48. The third kappa shape index (κ3) is 9.77. The summed E-state index contributed by atoms with van der Waals surface area (Å²) in [6.07, 6.45) is 0. The van der Waals surface area contributed by atoms with Gasteiger partial charge in [0.25, 0.3) is 0 Å². The minimum Gasteiger partial charge on any atom is -0.417 e. The summed E-state index contributed by atoms with van der Waals surface area (Å²) in [6.45, 7) is 29.3. The molecule has 0 aromatic rings. The predicted octanol–water partition coefficient (Wildman–Crippen LogP) is 5.46. The molecule has 0 aliphatic heterocycles. The molecule has 0 rings (SSSR count). The van der Waals surface area contributed by atoms with Gasteiger partial charge < -0.3 is 25.6 Å². The summed E-state index contributed by atoms with van der Waals surface area (Å²) in [4.78, 5) is 0. The average molecular weight is 487 g/mol. The highest BCUT2D eigenvalue weighted by Gasteiger charge is 2.66. The fourth-order valence-electron chi connectivity index (χ4n) is 2.93. The molecular weight excluding hydrogens is 441 g/mol. The highest BCUT2D eigenvalue weighted by atomic mass is 28.5. The Morgan fingerprint density at radius 1 is 0.500 bits per heavy atom. The van der Waals surface area contributed by atoms with E-state index in [4.69, 9.17) is 25.6 Å². The highest BCUT2D eigenvalue weighted by Crippen LogP contribution is 2.41. The second kappa shape index (κ2) is 10.9. The van der Waals surface area contributed by atoms with Crippen LogP contribution in [0.25, 0.3) is 0 Å². The summed E-state index contributed by atoms with van der Waals surface area (Å²) in [5.41, 5.74) is 0. The van der Waals surface area contributed by atoms with Crippen LogP contribution in [0.2, 0.25) is 64.1 Å². The maximum Gasteiger partial charge on any atom is 0.508 e. The summed E-state index contributed by atoms with van der Waals surface area (Å²) in [5, 5.41) is -0.190. The van der Waals surface area contributed by atoms with Crippen molar-refractivity contribution < 1.29 is 25.6 Å². The first kappa shape index (κ1) is 28.8. The van der Waals surface area contributed by atoms with Crippen molar-refractivity contribution in [2.24, 2.45) is 0 Å². The Balaban J connectivity index is 6.61. The summed E-state index contributed by atoms with van der Waals surface area (Å²) in [6, 6.07) is 0. The molecule has 0 amide bonds. The van der Waals surface area contributed by atoms with Crippen molar-refractivity contribution in [3.63, 3.8) is 0 Å². The van der Waals surface area contributed by atoms with Crippen LogP contribution in [0, 0.1) is 0 Å². The molecule has 6 nitrogen and oxygen atoms in total. The van der Waals surface area contributed by atoms with Crippen LogP contribution in [0.5, 0.6) is 0 Å². The standard InChI is InChI=1S/C17H46O6Si5/c1-14-18-27(19-15-2,20-16-3)17(4)28(21-24(5,6)7,22-25(8,9)10)23-26(11,12)13/h17H,14-16H2,1-13H3. The summed E-state index contributed by atoms with van der Waals surface area (Å²) >= 11 is 0. The lowest BCUT2D eigenvalue weighted by molar-refractivity contribution is 0.0621. The van der Waals surface area contributed by atoms with Crippen LogP contribution >= 0.6 is 0 Å². The van der Waals surface area contributed by atoms with Gasteiger partial charge in [-0.3, -0.25) is 0 Å². The first-order valence-corrected chi connectivity index (χ1v) is 24.3. The maximum absolute atomic E-state index is 6.88. The zero-order valence-corrected chi connectivity index (χ0v) is 25.6. The normalized spacial score (nSPS) is 15.8. The van der Waals surface area contributed by atoms with Gasteiger partial charge in [-0.1, -0.05) is 6.92 Å². The third-order valence-electron chi connectivity index (χ3n) is 3.44. The monoisotopic (exact) mass is 486 g/mol. The molecular formula is C17H46O6Si5. The molecule has 1 unspecified atom stereocenters. The fraction of sp³-hybridized carbons (Fsp3) is 1.00.